The van der Waals surface area contributed by atoms with Crippen LogP contribution in [0, 0.1) is 17.1 Å². The van der Waals surface area contributed by atoms with E-state index in [9.17, 15) is 9.59 Å². The highest BCUT2D eigenvalue weighted by atomic mass is 16.6. The van der Waals surface area contributed by atoms with Crippen molar-refractivity contribution in [3.05, 3.63) is 0 Å². The topological polar surface area (TPSA) is 70.4 Å². The van der Waals surface area contributed by atoms with E-state index in [1.54, 1.807) is 0 Å². The van der Waals surface area contributed by atoms with Gasteiger partial charge in [0.1, 0.15) is 6.61 Å². The summed E-state index contributed by atoms with van der Waals surface area (Å²) in [5.74, 6) is 2.70. The second kappa shape index (κ2) is 5.90. The fourth-order valence-electron chi connectivity index (χ4n) is 2.66. The quantitative estimate of drug-likeness (QED) is 0.713. The number of ether oxygens (including phenoxy) is 1. The number of hydrogen-bond acceptors (Lipinski definition) is 4. The molecule has 2 rings (SSSR count). The normalized spacial score (nSPS) is 20.7. The lowest BCUT2D eigenvalue weighted by molar-refractivity contribution is -0.128. The van der Waals surface area contributed by atoms with Gasteiger partial charge < -0.3 is 4.74 Å². The zero-order chi connectivity index (χ0) is 13.0. The van der Waals surface area contributed by atoms with E-state index in [4.69, 9.17) is 10.00 Å². The van der Waals surface area contributed by atoms with Crippen molar-refractivity contribution in [2.75, 3.05) is 13.2 Å². The molecule has 6 heteroatoms. The first-order valence-electron chi connectivity index (χ1n) is 6.57. The molecule has 0 saturated carbocycles. The Bertz CT molecular complexity index is 372. The second-order valence-electron chi connectivity index (χ2n) is 5.05. The molecule has 2 fully saturated rings. The lowest BCUT2D eigenvalue weighted by Gasteiger charge is -2.23. The highest BCUT2D eigenvalue weighted by Crippen LogP contribution is 2.28. The van der Waals surface area contributed by atoms with Crippen LogP contribution in [0.1, 0.15) is 25.7 Å². The van der Waals surface area contributed by atoms with E-state index in [0.29, 0.717) is 25.5 Å². The maximum atomic E-state index is 11.8. The van der Waals surface area contributed by atoms with Gasteiger partial charge in [-0.1, -0.05) is 25.5 Å². The molecule has 2 aliphatic rings. The van der Waals surface area contributed by atoms with E-state index in [2.05, 4.69) is 5.97 Å². The van der Waals surface area contributed by atoms with Crippen LogP contribution in [0.15, 0.2) is 0 Å². The van der Waals surface area contributed by atoms with Crippen LogP contribution in [0.3, 0.4) is 0 Å². The zero-order valence-electron chi connectivity index (χ0n) is 10.4. The SMILES string of the molecule is N#CB1CCC(CCC(=O)N2CCOC2=O)CC1. The lowest BCUT2D eigenvalue weighted by atomic mass is 9.41. The Balaban J connectivity index is 1.71. The fraction of sp³-hybridized carbons (Fsp3) is 0.750. The maximum Gasteiger partial charge on any atom is 0.416 e. The van der Waals surface area contributed by atoms with Gasteiger partial charge in [0.2, 0.25) is 5.91 Å². The van der Waals surface area contributed by atoms with Crippen LogP contribution < -0.4 is 0 Å². The van der Waals surface area contributed by atoms with Crippen LogP contribution in [-0.2, 0) is 9.53 Å². The van der Waals surface area contributed by atoms with Crippen molar-refractivity contribution < 1.29 is 14.3 Å². The summed E-state index contributed by atoms with van der Waals surface area (Å²) in [7, 11) is 0. The summed E-state index contributed by atoms with van der Waals surface area (Å²) in [6.07, 6.45) is 4.67. The van der Waals surface area contributed by atoms with Crippen molar-refractivity contribution >= 4 is 18.7 Å². The Kier molecular flexibility index (Phi) is 4.24. The summed E-state index contributed by atoms with van der Waals surface area (Å²) in [6, 6.07) is 0. The molecule has 0 aromatic carbocycles. The molecule has 2 heterocycles. The van der Waals surface area contributed by atoms with Crippen molar-refractivity contribution in [2.45, 2.75) is 38.3 Å². The predicted octanol–water partition coefficient (Wildman–Crippen LogP) is 1.71. The van der Waals surface area contributed by atoms with E-state index in [1.165, 1.54) is 4.90 Å². The average Bonchev–Trinajstić information content (AvgIpc) is 2.83. The van der Waals surface area contributed by atoms with Crippen LogP contribution in [0.5, 0.6) is 0 Å². The second-order valence-corrected chi connectivity index (χ2v) is 5.05. The Hall–Kier alpha value is -1.51. The molecule has 0 radical (unpaired) electrons. The highest BCUT2D eigenvalue weighted by molar-refractivity contribution is 6.67. The van der Waals surface area contributed by atoms with Gasteiger partial charge in [-0.25, -0.2) is 15.0 Å². The van der Waals surface area contributed by atoms with E-state index in [-0.39, 0.29) is 12.6 Å². The minimum Gasteiger partial charge on any atom is -0.447 e. The van der Waals surface area contributed by atoms with Crippen molar-refractivity contribution in [2.24, 2.45) is 5.92 Å². The number of nitriles is 1. The number of carbonyl (C=O) groups is 2. The number of imide groups is 1. The third-order valence-corrected chi connectivity index (χ3v) is 3.86. The number of rotatable bonds is 3. The summed E-state index contributed by atoms with van der Waals surface area (Å²) >= 11 is 0. The first kappa shape index (κ1) is 12.9. The molecule has 2 aliphatic heterocycles. The Labute approximate surface area is 107 Å². The van der Waals surface area contributed by atoms with Crippen LogP contribution in [0.4, 0.5) is 4.79 Å². The van der Waals surface area contributed by atoms with Gasteiger partial charge in [-0.3, -0.25) is 4.79 Å². The number of cyclic esters (lactones) is 1. The van der Waals surface area contributed by atoms with Gasteiger partial charge in [-0.2, -0.15) is 0 Å². The largest absolute Gasteiger partial charge is 0.447 e. The van der Waals surface area contributed by atoms with Crippen LogP contribution >= 0.6 is 0 Å². The van der Waals surface area contributed by atoms with Crippen molar-refractivity contribution in [3.8, 4) is 5.97 Å². The van der Waals surface area contributed by atoms with Gasteiger partial charge in [0, 0.05) is 12.4 Å². The smallest absolute Gasteiger partial charge is 0.416 e. The van der Waals surface area contributed by atoms with E-state index >= 15 is 0 Å². The maximum absolute atomic E-state index is 11.8. The van der Waals surface area contributed by atoms with Crippen LogP contribution in [-0.4, -0.2) is 36.8 Å². The van der Waals surface area contributed by atoms with Crippen molar-refractivity contribution in [1.29, 1.82) is 5.26 Å². The summed E-state index contributed by atoms with van der Waals surface area (Å²) in [6.45, 7) is 0.905. The molecule has 5 nitrogen and oxygen atoms in total. The Morgan fingerprint density at radius 1 is 1.50 bits per heavy atom. The van der Waals surface area contributed by atoms with Gasteiger partial charge >= 0.3 is 6.09 Å². The van der Waals surface area contributed by atoms with Gasteiger partial charge in [0.05, 0.1) is 6.54 Å². The summed E-state index contributed by atoms with van der Waals surface area (Å²) in [5.41, 5.74) is 0. The van der Waals surface area contributed by atoms with E-state index in [0.717, 1.165) is 31.9 Å². The van der Waals surface area contributed by atoms with Gasteiger partial charge in [0.15, 0.2) is 0 Å². The molecule has 0 atom stereocenters. The summed E-state index contributed by atoms with van der Waals surface area (Å²) in [4.78, 5) is 24.2. The molecule has 0 spiro atoms. The minimum absolute atomic E-state index is 0.125. The Morgan fingerprint density at radius 3 is 2.78 bits per heavy atom. The molecule has 96 valence electrons. The molecular formula is C12H17BN2O3. The zero-order valence-corrected chi connectivity index (χ0v) is 10.4. The third-order valence-electron chi connectivity index (χ3n) is 3.86. The first-order chi connectivity index (χ1) is 8.70. The highest BCUT2D eigenvalue weighted by Gasteiger charge is 2.29. The summed E-state index contributed by atoms with van der Waals surface area (Å²) in [5, 5.41) is 8.81. The number of nitrogens with zero attached hydrogens (tertiary/aromatic N) is 2. The fourth-order valence-corrected chi connectivity index (χ4v) is 2.66. The molecule has 0 bridgehead atoms. The molecule has 0 aromatic heterocycles. The molecule has 0 aromatic rings. The summed E-state index contributed by atoms with van der Waals surface area (Å²) < 4.78 is 4.74. The molecule has 18 heavy (non-hydrogen) atoms. The standard InChI is InChI=1S/C12H17BN2O3/c14-9-13-5-3-10(4-6-13)1-2-11(16)15-7-8-18-12(15)17/h10H,1-8H2. The van der Waals surface area contributed by atoms with Gasteiger partial charge in [0.25, 0.3) is 6.71 Å². The first-order valence-corrected chi connectivity index (χ1v) is 6.57. The number of carbonyl (C=O) groups excluding carboxylic acids is 2. The molecule has 2 saturated heterocycles. The third kappa shape index (κ3) is 3.03. The minimum atomic E-state index is -0.506. The lowest BCUT2D eigenvalue weighted by Crippen LogP contribution is -2.32. The van der Waals surface area contributed by atoms with E-state index in [1.807, 2.05) is 0 Å². The van der Waals surface area contributed by atoms with Gasteiger partial charge in [-0.15, -0.1) is 0 Å². The van der Waals surface area contributed by atoms with Crippen LogP contribution in [0.25, 0.3) is 0 Å². The van der Waals surface area contributed by atoms with Crippen LogP contribution in [0.2, 0.25) is 12.6 Å². The Morgan fingerprint density at radius 2 is 2.22 bits per heavy atom. The predicted molar refractivity (Wildman–Crippen MR) is 66.0 cm³/mol. The molecule has 0 N–H and O–H groups in total. The number of amides is 2. The number of hydrogen-bond donors (Lipinski definition) is 0. The average molecular weight is 248 g/mol. The monoisotopic (exact) mass is 248 g/mol. The van der Waals surface area contributed by atoms with Crippen molar-refractivity contribution in [3.63, 3.8) is 0 Å². The van der Waals surface area contributed by atoms with E-state index < -0.39 is 6.09 Å². The van der Waals surface area contributed by atoms with Gasteiger partial charge in [-0.05, 0) is 12.3 Å². The van der Waals surface area contributed by atoms with Crippen molar-refractivity contribution in [1.82, 2.24) is 4.90 Å². The molecule has 0 aliphatic carbocycles. The molecular weight excluding hydrogens is 231 g/mol. The molecule has 0 unspecified atom stereocenters. The molecule has 2 amide bonds.